The molecule has 26 heavy (non-hydrogen) atoms. The summed E-state index contributed by atoms with van der Waals surface area (Å²) < 4.78 is 1.63. The van der Waals surface area contributed by atoms with E-state index in [1.807, 2.05) is 31.2 Å². The van der Waals surface area contributed by atoms with E-state index in [-0.39, 0.29) is 5.91 Å². The molecule has 0 N–H and O–H groups in total. The summed E-state index contributed by atoms with van der Waals surface area (Å²) in [6, 6.07) is 9.71. The maximum absolute atomic E-state index is 12.7. The first kappa shape index (κ1) is 16.2. The normalized spacial score (nSPS) is 14.5. The van der Waals surface area contributed by atoms with Gasteiger partial charge in [0.2, 0.25) is 5.95 Å². The molecule has 0 aliphatic carbocycles. The van der Waals surface area contributed by atoms with Crippen molar-refractivity contribution in [3.8, 4) is 5.69 Å². The zero-order valence-electron chi connectivity index (χ0n) is 14.5. The maximum atomic E-state index is 12.7. The van der Waals surface area contributed by atoms with Gasteiger partial charge in [-0.25, -0.2) is 14.6 Å². The molecular formula is C18H19N7O. The van der Waals surface area contributed by atoms with Gasteiger partial charge in [-0.15, -0.1) is 5.10 Å². The summed E-state index contributed by atoms with van der Waals surface area (Å²) in [6.07, 6.45) is 5.13. The van der Waals surface area contributed by atoms with Crippen molar-refractivity contribution in [3.05, 3.63) is 60.2 Å². The van der Waals surface area contributed by atoms with E-state index in [2.05, 4.69) is 25.2 Å². The van der Waals surface area contributed by atoms with Gasteiger partial charge in [0.25, 0.3) is 5.91 Å². The van der Waals surface area contributed by atoms with Crippen LogP contribution in [0.5, 0.6) is 0 Å². The molecule has 1 amide bonds. The molecule has 3 aromatic rings. The van der Waals surface area contributed by atoms with Crippen molar-refractivity contribution in [2.45, 2.75) is 6.92 Å². The van der Waals surface area contributed by atoms with Crippen LogP contribution in [0.4, 0.5) is 5.95 Å². The fourth-order valence-corrected chi connectivity index (χ4v) is 2.91. The average molecular weight is 349 g/mol. The van der Waals surface area contributed by atoms with E-state index >= 15 is 0 Å². The number of benzene rings is 1. The average Bonchev–Trinajstić information content (AvgIpc) is 3.19. The Morgan fingerprint density at radius 2 is 1.69 bits per heavy atom. The third kappa shape index (κ3) is 3.26. The molecule has 1 saturated heterocycles. The van der Waals surface area contributed by atoms with Gasteiger partial charge in [0, 0.05) is 38.6 Å². The molecule has 0 atom stereocenters. The minimum Gasteiger partial charge on any atom is -0.337 e. The molecule has 0 saturated carbocycles. The number of hydrogen-bond donors (Lipinski definition) is 0. The van der Waals surface area contributed by atoms with Crippen LogP contribution in [0.1, 0.15) is 16.1 Å². The van der Waals surface area contributed by atoms with Gasteiger partial charge in [0.15, 0.2) is 5.69 Å². The number of piperazine rings is 1. The number of hydrogen-bond acceptors (Lipinski definition) is 6. The molecule has 0 unspecified atom stereocenters. The lowest BCUT2D eigenvalue weighted by Gasteiger charge is -2.34. The lowest BCUT2D eigenvalue weighted by molar-refractivity contribution is 0.0740. The molecule has 4 rings (SSSR count). The van der Waals surface area contributed by atoms with Gasteiger partial charge in [0.1, 0.15) is 0 Å². The Morgan fingerprint density at radius 1 is 1.00 bits per heavy atom. The maximum Gasteiger partial charge on any atom is 0.276 e. The second kappa shape index (κ2) is 6.91. The highest BCUT2D eigenvalue weighted by atomic mass is 16.2. The van der Waals surface area contributed by atoms with E-state index in [0.29, 0.717) is 37.8 Å². The van der Waals surface area contributed by atoms with Gasteiger partial charge >= 0.3 is 0 Å². The Kier molecular flexibility index (Phi) is 4.30. The van der Waals surface area contributed by atoms with Crippen molar-refractivity contribution in [1.82, 2.24) is 29.9 Å². The Hall–Kier alpha value is -3.29. The topological polar surface area (TPSA) is 80.0 Å². The van der Waals surface area contributed by atoms with Gasteiger partial charge in [-0.2, -0.15) is 0 Å². The first-order valence-electron chi connectivity index (χ1n) is 8.51. The van der Waals surface area contributed by atoms with E-state index in [0.717, 1.165) is 5.69 Å². The van der Waals surface area contributed by atoms with E-state index in [1.54, 1.807) is 34.2 Å². The van der Waals surface area contributed by atoms with Crippen molar-refractivity contribution in [1.29, 1.82) is 0 Å². The Bertz CT molecular complexity index is 883. The summed E-state index contributed by atoms with van der Waals surface area (Å²) in [7, 11) is 0. The van der Waals surface area contributed by atoms with Crippen LogP contribution in [0.2, 0.25) is 0 Å². The summed E-state index contributed by atoms with van der Waals surface area (Å²) in [5.74, 6) is 0.599. The molecule has 8 nitrogen and oxygen atoms in total. The van der Waals surface area contributed by atoms with Crippen LogP contribution in [0.15, 0.2) is 48.9 Å². The van der Waals surface area contributed by atoms with E-state index in [1.165, 1.54) is 5.56 Å². The molecule has 0 spiro atoms. The molecular weight excluding hydrogens is 330 g/mol. The second-order valence-electron chi connectivity index (χ2n) is 6.21. The first-order valence-corrected chi connectivity index (χ1v) is 8.51. The number of amides is 1. The van der Waals surface area contributed by atoms with Crippen molar-refractivity contribution in [3.63, 3.8) is 0 Å². The zero-order valence-corrected chi connectivity index (χ0v) is 14.5. The fraction of sp³-hybridized carbons (Fsp3) is 0.278. The summed E-state index contributed by atoms with van der Waals surface area (Å²) in [5, 5.41) is 8.13. The summed E-state index contributed by atoms with van der Waals surface area (Å²) >= 11 is 0. The van der Waals surface area contributed by atoms with Crippen LogP contribution >= 0.6 is 0 Å². The highest BCUT2D eigenvalue weighted by molar-refractivity contribution is 5.92. The van der Waals surface area contributed by atoms with Gasteiger partial charge in [-0.1, -0.05) is 22.9 Å². The van der Waals surface area contributed by atoms with Crippen LogP contribution in [-0.4, -0.2) is 61.9 Å². The molecule has 1 aliphatic rings. The number of aryl methyl sites for hydroxylation is 1. The first-order chi connectivity index (χ1) is 12.7. The molecule has 0 bridgehead atoms. The highest BCUT2D eigenvalue weighted by Crippen LogP contribution is 2.13. The number of carbonyl (C=O) groups excluding carboxylic acids is 1. The molecule has 132 valence electrons. The lowest BCUT2D eigenvalue weighted by Crippen LogP contribution is -2.49. The lowest BCUT2D eigenvalue weighted by atomic mass is 10.2. The minimum atomic E-state index is -0.100. The summed E-state index contributed by atoms with van der Waals surface area (Å²) in [5.41, 5.74) is 2.41. The van der Waals surface area contributed by atoms with Crippen LogP contribution in [0, 0.1) is 6.92 Å². The number of rotatable bonds is 3. The van der Waals surface area contributed by atoms with Gasteiger partial charge in [0.05, 0.1) is 11.9 Å². The standard InChI is InChI=1S/C18H19N7O/c1-14-3-5-15(6-4-14)25-13-16(21-22-25)17(26)23-9-11-24(12-10-23)18-19-7-2-8-20-18/h2-8,13H,9-12H2,1H3. The van der Waals surface area contributed by atoms with Gasteiger partial charge in [-0.3, -0.25) is 4.79 Å². The largest absolute Gasteiger partial charge is 0.337 e. The smallest absolute Gasteiger partial charge is 0.276 e. The fourth-order valence-electron chi connectivity index (χ4n) is 2.91. The van der Waals surface area contributed by atoms with Crippen molar-refractivity contribution in [2.24, 2.45) is 0 Å². The summed E-state index contributed by atoms with van der Waals surface area (Å²) in [4.78, 5) is 25.1. The predicted molar refractivity (Wildman–Crippen MR) is 96.2 cm³/mol. The molecule has 1 aliphatic heterocycles. The molecule has 1 aromatic carbocycles. The third-order valence-electron chi connectivity index (χ3n) is 4.41. The number of anilines is 1. The van der Waals surface area contributed by atoms with Crippen molar-refractivity contribution in [2.75, 3.05) is 31.1 Å². The van der Waals surface area contributed by atoms with E-state index in [9.17, 15) is 4.79 Å². The van der Waals surface area contributed by atoms with Crippen LogP contribution in [-0.2, 0) is 0 Å². The molecule has 1 fully saturated rings. The summed E-state index contributed by atoms with van der Waals surface area (Å²) in [6.45, 7) is 4.63. The van der Waals surface area contributed by atoms with Crippen molar-refractivity contribution < 1.29 is 4.79 Å². The zero-order chi connectivity index (χ0) is 17.9. The predicted octanol–water partition coefficient (Wildman–Crippen LogP) is 1.33. The van der Waals surface area contributed by atoms with Gasteiger partial charge in [-0.05, 0) is 25.1 Å². The monoisotopic (exact) mass is 349 g/mol. The second-order valence-corrected chi connectivity index (χ2v) is 6.21. The molecule has 8 heteroatoms. The Balaban J connectivity index is 1.42. The van der Waals surface area contributed by atoms with Gasteiger partial charge < -0.3 is 9.80 Å². The van der Waals surface area contributed by atoms with E-state index in [4.69, 9.17) is 0 Å². The number of aromatic nitrogens is 5. The molecule has 0 radical (unpaired) electrons. The highest BCUT2D eigenvalue weighted by Gasteiger charge is 2.25. The molecule has 2 aromatic heterocycles. The molecule has 3 heterocycles. The van der Waals surface area contributed by atoms with Crippen molar-refractivity contribution >= 4 is 11.9 Å². The quantitative estimate of drug-likeness (QED) is 0.710. The number of carbonyl (C=O) groups is 1. The Labute approximate surface area is 151 Å². The minimum absolute atomic E-state index is 0.100. The number of nitrogens with zero attached hydrogens (tertiary/aromatic N) is 7. The SMILES string of the molecule is Cc1ccc(-n2cc(C(=O)N3CCN(c4ncccn4)CC3)nn2)cc1. The van der Waals surface area contributed by atoms with Crippen LogP contribution in [0.3, 0.4) is 0 Å². The van der Waals surface area contributed by atoms with Crippen LogP contribution < -0.4 is 4.90 Å². The van der Waals surface area contributed by atoms with E-state index < -0.39 is 0 Å². The Morgan fingerprint density at radius 3 is 2.38 bits per heavy atom. The van der Waals surface area contributed by atoms with Crippen LogP contribution in [0.25, 0.3) is 5.69 Å². The third-order valence-corrected chi connectivity index (χ3v) is 4.41.